The van der Waals surface area contributed by atoms with Crippen LogP contribution in [0.4, 0.5) is 4.79 Å². The summed E-state index contributed by atoms with van der Waals surface area (Å²) < 4.78 is 36.0. The summed E-state index contributed by atoms with van der Waals surface area (Å²) in [5.41, 5.74) is -7.88. The zero-order valence-corrected chi connectivity index (χ0v) is 35.8. The largest absolute Gasteiger partial charge is 0.457 e. The first kappa shape index (κ1) is 46.0. The van der Waals surface area contributed by atoms with Crippen molar-refractivity contribution in [3.8, 4) is 0 Å². The van der Waals surface area contributed by atoms with Crippen molar-refractivity contribution in [2.24, 2.45) is 22.7 Å². The monoisotopic (exact) mass is 831 g/mol. The van der Waals surface area contributed by atoms with Crippen LogP contribution in [0.1, 0.15) is 106 Å². The fourth-order valence-electron chi connectivity index (χ4n) is 9.99. The number of carbonyl (C=O) groups excluding carboxylic acids is 5. The number of esters is 4. The number of benzene rings is 1. The molecule has 4 aliphatic rings. The number of rotatable bonds is 11. The topological polar surface area (TPSA) is 234 Å². The van der Waals surface area contributed by atoms with Crippen molar-refractivity contribution in [1.82, 2.24) is 5.32 Å². The molecule has 12 atom stereocenters. The van der Waals surface area contributed by atoms with E-state index in [1.54, 1.807) is 45.9 Å². The average molecular weight is 832 g/mol. The lowest BCUT2D eigenvalue weighted by Crippen LogP contribution is -2.78. The van der Waals surface area contributed by atoms with Crippen LogP contribution in [-0.2, 0) is 42.8 Å². The number of alkyl carbamates (subject to hydrolysis) is 1. The smallest absolute Gasteiger partial charge is 0.407 e. The van der Waals surface area contributed by atoms with Gasteiger partial charge in [-0.3, -0.25) is 9.59 Å². The zero-order valence-electron chi connectivity index (χ0n) is 35.8. The maximum atomic E-state index is 14.4. The Balaban J connectivity index is 1.73. The van der Waals surface area contributed by atoms with Gasteiger partial charge in [-0.1, -0.05) is 39.0 Å². The minimum Gasteiger partial charge on any atom is -0.457 e. The zero-order chi connectivity index (χ0) is 44.2. The molecule has 1 heterocycles. The molecule has 3 aliphatic carbocycles. The summed E-state index contributed by atoms with van der Waals surface area (Å²) in [4.78, 5) is 67.2. The van der Waals surface area contributed by atoms with Gasteiger partial charge in [0.1, 0.15) is 30.0 Å². The summed E-state index contributed by atoms with van der Waals surface area (Å²) in [5.74, 6) is -5.05. The lowest BCUT2D eigenvalue weighted by molar-refractivity contribution is -0.351. The highest BCUT2D eigenvalue weighted by Gasteiger charge is 2.79. The molecule has 59 heavy (non-hydrogen) atoms. The van der Waals surface area contributed by atoms with Gasteiger partial charge in [0.05, 0.1) is 41.3 Å². The molecular formula is C43H61NO15. The normalized spacial score (nSPS) is 33.8. The van der Waals surface area contributed by atoms with Crippen LogP contribution >= 0.6 is 0 Å². The van der Waals surface area contributed by atoms with E-state index in [0.29, 0.717) is 0 Å². The lowest BCUT2D eigenvalue weighted by atomic mass is 9.49. The predicted molar refractivity (Wildman–Crippen MR) is 208 cm³/mol. The average Bonchev–Trinajstić information content (AvgIpc) is 3.37. The Kier molecular flexibility index (Phi) is 12.8. The highest BCUT2D eigenvalue weighted by Crippen LogP contribution is 2.68. The fourth-order valence-corrected chi connectivity index (χ4v) is 9.99. The van der Waals surface area contributed by atoms with Crippen LogP contribution in [0.2, 0.25) is 0 Å². The molecule has 5 N–H and O–H groups in total. The molecule has 0 radical (unpaired) electrons. The van der Waals surface area contributed by atoms with Crippen molar-refractivity contribution in [3.05, 3.63) is 47.0 Å². The van der Waals surface area contributed by atoms with Gasteiger partial charge in [-0.05, 0) is 77.2 Å². The van der Waals surface area contributed by atoms with Gasteiger partial charge in [-0.15, -0.1) is 0 Å². The van der Waals surface area contributed by atoms with E-state index < -0.39 is 112 Å². The molecule has 1 amide bonds. The second-order valence-corrected chi connectivity index (χ2v) is 18.7. The molecule has 16 nitrogen and oxygen atoms in total. The van der Waals surface area contributed by atoms with Gasteiger partial charge >= 0.3 is 30.0 Å². The molecule has 328 valence electrons. The third kappa shape index (κ3) is 8.35. The summed E-state index contributed by atoms with van der Waals surface area (Å²) in [5, 5.41) is 51.5. The molecule has 1 aromatic carbocycles. The second kappa shape index (κ2) is 16.4. The van der Waals surface area contributed by atoms with Gasteiger partial charge in [-0.2, -0.15) is 0 Å². The Hall–Kier alpha value is -4.09. The standard InChI is InChI=1S/C43H61NO15/c1-21(2)17-26(44-38(52)59-39(6,7)8)31(48)37(51)56-27-19-42(40(9,10)53)30(22(27)3)32(55-23(4)45)34(49)41(11)28(47)18-29-43(20-54-29,58-24(5)46)33(41)35(42)57-36(50)25-15-13-12-14-16-25/h12-16,21,26-29,31-35,47-49,53H,17-20H2,1-11H3,(H,44,52)/t26-,27-,28-,29+,31+,32-,33-,34-,35-,41+,42-,43-/m0/s1. The van der Waals surface area contributed by atoms with E-state index in [9.17, 15) is 44.4 Å². The SMILES string of the molecule is CC(=O)O[C@H]1C2=C(C)[C@@H](OC(=O)[C@H](O)[C@H](CC(C)C)NC(=O)OC(C)(C)C)C[C@@]2(C(C)(C)O)[C@@H](OC(=O)c2ccccc2)[C@@H]2[C@]3(OC(C)=O)CO[C@@H]3C[C@H](O)[C@@]2(C)[C@H]1O. The maximum absolute atomic E-state index is 14.4. The number of hydrogen-bond donors (Lipinski definition) is 5. The van der Waals surface area contributed by atoms with Crippen molar-refractivity contribution in [2.75, 3.05) is 6.61 Å². The molecule has 5 rings (SSSR count). The van der Waals surface area contributed by atoms with E-state index in [-0.39, 0.29) is 48.5 Å². The summed E-state index contributed by atoms with van der Waals surface area (Å²) >= 11 is 0. The van der Waals surface area contributed by atoms with Gasteiger partial charge in [0.15, 0.2) is 17.8 Å². The van der Waals surface area contributed by atoms with Crippen LogP contribution in [0.15, 0.2) is 41.5 Å². The number of aliphatic hydroxyl groups excluding tert-OH is 3. The highest BCUT2D eigenvalue weighted by atomic mass is 16.6. The lowest BCUT2D eigenvalue weighted by Gasteiger charge is -2.65. The molecule has 0 bridgehead atoms. The maximum Gasteiger partial charge on any atom is 0.407 e. The van der Waals surface area contributed by atoms with Crippen LogP contribution < -0.4 is 5.32 Å². The van der Waals surface area contributed by atoms with Crippen molar-refractivity contribution >= 4 is 30.0 Å². The third-order valence-electron chi connectivity index (χ3n) is 12.6. The fraction of sp³-hybridized carbons (Fsp3) is 0.698. The first-order valence-electron chi connectivity index (χ1n) is 20.1. The number of amides is 1. The molecule has 0 spiro atoms. The van der Waals surface area contributed by atoms with Crippen LogP contribution in [0.25, 0.3) is 0 Å². The minimum atomic E-state index is -1.99. The summed E-state index contributed by atoms with van der Waals surface area (Å²) in [7, 11) is 0. The number of hydrogen-bond acceptors (Lipinski definition) is 15. The number of nitrogens with one attached hydrogen (secondary N) is 1. The number of ether oxygens (including phenoxy) is 6. The first-order valence-corrected chi connectivity index (χ1v) is 20.1. The Morgan fingerprint density at radius 2 is 1.59 bits per heavy atom. The van der Waals surface area contributed by atoms with E-state index in [0.717, 1.165) is 6.92 Å². The van der Waals surface area contributed by atoms with E-state index >= 15 is 0 Å². The van der Waals surface area contributed by atoms with Crippen molar-refractivity contribution in [2.45, 2.75) is 161 Å². The van der Waals surface area contributed by atoms with Gasteiger partial charge in [0.2, 0.25) is 0 Å². The van der Waals surface area contributed by atoms with E-state index in [4.69, 9.17) is 28.4 Å². The molecule has 1 aromatic rings. The number of carbonyl (C=O) groups is 5. The van der Waals surface area contributed by atoms with Crippen LogP contribution in [0, 0.1) is 22.7 Å². The molecule has 0 unspecified atom stereocenters. The van der Waals surface area contributed by atoms with Gasteiger partial charge in [-0.25, -0.2) is 14.4 Å². The molecule has 1 saturated heterocycles. The molecule has 16 heteroatoms. The first-order chi connectivity index (χ1) is 27.2. The summed E-state index contributed by atoms with van der Waals surface area (Å²) in [6, 6.07) is 6.82. The van der Waals surface area contributed by atoms with E-state index in [1.807, 2.05) is 13.8 Å². The van der Waals surface area contributed by atoms with Crippen molar-refractivity contribution in [1.29, 1.82) is 0 Å². The van der Waals surface area contributed by atoms with Gasteiger partial charge < -0.3 is 54.2 Å². The quantitative estimate of drug-likeness (QED) is 0.122. The Labute approximate surface area is 344 Å². The summed E-state index contributed by atoms with van der Waals surface area (Å²) in [6.07, 6.45) is -11.9. The summed E-state index contributed by atoms with van der Waals surface area (Å²) in [6.45, 7) is 16.7. The number of aliphatic hydroxyl groups is 4. The number of fused-ring (bicyclic) bond motifs is 4. The van der Waals surface area contributed by atoms with Crippen LogP contribution in [0.5, 0.6) is 0 Å². The Bertz CT molecular complexity index is 1820. The molecule has 1 aliphatic heterocycles. The highest BCUT2D eigenvalue weighted by molar-refractivity contribution is 5.89. The van der Waals surface area contributed by atoms with E-state index in [2.05, 4.69) is 5.32 Å². The van der Waals surface area contributed by atoms with Crippen molar-refractivity contribution < 1.29 is 72.8 Å². The van der Waals surface area contributed by atoms with Gasteiger partial charge in [0.25, 0.3) is 0 Å². The molecule has 2 saturated carbocycles. The minimum absolute atomic E-state index is 0.0500. The predicted octanol–water partition coefficient (Wildman–Crippen LogP) is 3.30. The Morgan fingerprint density at radius 1 is 0.966 bits per heavy atom. The van der Waals surface area contributed by atoms with Crippen LogP contribution in [0.3, 0.4) is 0 Å². The van der Waals surface area contributed by atoms with E-state index in [1.165, 1.54) is 39.8 Å². The second-order valence-electron chi connectivity index (χ2n) is 18.7. The Morgan fingerprint density at radius 3 is 2.10 bits per heavy atom. The molecule has 3 fully saturated rings. The van der Waals surface area contributed by atoms with Crippen molar-refractivity contribution in [3.63, 3.8) is 0 Å². The third-order valence-corrected chi connectivity index (χ3v) is 12.6. The van der Waals surface area contributed by atoms with Gasteiger partial charge in [0, 0.05) is 32.1 Å². The van der Waals surface area contributed by atoms with Crippen LogP contribution in [-0.4, -0.2) is 123 Å². The molecular weight excluding hydrogens is 770 g/mol. The molecule has 0 aromatic heterocycles.